The van der Waals surface area contributed by atoms with E-state index in [1.165, 1.54) is 108 Å². The van der Waals surface area contributed by atoms with E-state index in [1.54, 1.807) is 22.7 Å². The Bertz CT molecular complexity index is 3010. The van der Waals surface area contributed by atoms with Gasteiger partial charge < -0.3 is 0 Å². The molecule has 0 bridgehead atoms. The van der Waals surface area contributed by atoms with Gasteiger partial charge in [-0.15, -0.1) is 11.3 Å². The van der Waals surface area contributed by atoms with Crippen LogP contribution < -0.4 is 0 Å². The molecule has 3 aromatic heterocycles. The number of hydrogen-bond acceptors (Lipinski definition) is 3. The molecule has 8 aromatic carbocycles. The molecule has 0 saturated heterocycles. The van der Waals surface area contributed by atoms with E-state index in [0.717, 1.165) is 0 Å². The van der Waals surface area contributed by atoms with Crippen LogP contribution in [0.4, 0.5) is 0 Å². The molecule has 0 N–H and O–H groups in total. The maximum Gasteiger partial charge on any atom is 0.0361 e. The zero-order valence-corrected chi connectivity index (χ0v) is 29.8. The van der Waals surface area contributed by atoms with Crippen LogP contribution in [0, 0.1) is 0 Å². The Morgan fingerprint density at radius 2 is 0.765 bits per heavy atom. The molecule has 0 aliphatic rings. The van der Waals surface area contributed by atoms with Crippen LogP contribution in [0.15, 0.2) is 167 Å². The average molecular weight is 701 g/mol. The molecule has 11 aromatic rings. The predicted octanol–water partition coefficient (Wildman–Crippen LogP) is 15.5. The van der Waals surface area contributed by atoms with E-state index in [2.05, 4.69) is 167 Å². The van der Waals surface area contributed by atoms with Crippen molar-refractivity contribution in [2.75, 3.05) is 0 Å². The van der Waals surface area contributed by atoms with E-state index < -0.39 is 0 Å². The van der Waals surface area contributed by atoms with E-state index in [-0.39, 0.29) is 0 Å². The molecule has 0 aliphatic carbocycles. The number of hydrogen-bond donors (Lipinski definition) is 0. The second-order valence-corrected chi connectivity index (χ2v) is 15.8. The highest BCUT2D eigenvalue weighted by Crippen LogP contribution is 2.50. The van der Waals surface area contributed by atoms with Gasteiger partial charge in [0.25, 0.3) is 0 Å². The van der Waals surface area contributed by atoms with Crippen LogP contribution in [-0.4, -0.2) is 0 Å². The lowest BCUT2D eigenvalue weighted by Gasteiger charge is -2.18. The largest absolute Gasteiger partial charge is 0.152 e. The summed E-state index contributed by atoms with van der Waals surface area (Å²) in [7, 11) is 0. The summed E-state index contributed by atoms with van der Waals surface area (Å²) >= 11 is 5.42. The van der Waals surface area contributed by atoms with Crippen molar-refractivity contribution < 1.29 is 0 Å². The van der Waals surface area contributed by atoms with E-state index in [1.807, 2.05) is 11.3 Å². The van der Waals surface area contributed by atoms with E-state index in [4.69, 9.17) is 0 Å². The molecule has 0 nitrogen and oxygen atoms in total. The van der Waals surface area contributed by atoms with Crippen molar-refractivity contribution in [1.29, 1.82) is 0 Å². The summed E-state index contributed by atoms with van der Waals surface area (Å²) in [5, 5.41) is 21.9. The fraction of sp³-hybridized carbons (Fsp3) is 0. The van der Waals surface area contributed by atoms with Gasteiger partial charge in [-0.25, -0.2) is 0 Å². The number of thiophene rings is 3. The number of rotatable bonds is 4. The molecule has 0 fully saturated rings. The summed E-state index contributed by atoms with van der Waals surface area (Å²) in [6.07, 6.45) is 0. The van der Waals surface area contributed by atoms with Crippen molar-refractivity contribution in [1.82, 2.24) is 0 Å². The fourth-order valence-corrected chi connectivity index (χ4v) is 10.9. The SMILES string of the molecule is c1cc(-c2c3ccccc3c(-c3ccsc3)c3ccccc23)c2c(c1)sc1cc(-c3c4ccccc4c(-c4ccsc4)c4ccccc34)ccc12. The summed E-state index contributed by atoms with van der Waals surface area (Å²) < 4.78 is 2.63. The smallest absolute Gasteiger partial charge is 0.0361 e. The van der Waals surface area contributed by atoms with Crippen molar-refractivity contribution in [3.05, 3.63) is 167 Å². The second-order valence-electron chi connectivity index (χ2n) is 13.2. The highest BCUT2D eigenvalue weighted by Gasteiger charge is 2.21. The van der Waals surface area contributed by atoms with E-state index in [9.17, 15) is 0 Å². The maximum atomic E-state index is 2.44. The zero-order chi connectivity index (χ0) is 33.5. The van der Waals surface area contributed by atoms with Crippen LogP contribution in [0.25, 0.3) is 108 Å². The van der Waals surface area contributed by atoms with Crippen molar-refractivity contribution >= 4 is 97.3 Å². The molecule has 3 heteroatoms. The Hall–Kier alpha value is -5.58. The summed E-state index contributed by atoms with van der Waals surface area (Å²) in [4.78, 5) is 0. The monoisotopic (exact) mass is 700 g/mol. The Kier molecular flexibility index (Phi) is 6.57. The third-order valence-electron chi connectivity index (χ3n) is 10.5. The van der Waals surface area contributed by atoms with Crippen LogP contribution >= 0.6 is 34.0 Å². The average Bonchev–Trinajstić information content (AvgIpc) is 3.98. The first kappa shape index (κ1) is 29.2. The molecular weight excluding hydrogens is 673 g/mol. The van der Waals surface area contributed by atoms with Crippen LogP contribution in [0.1, 0.15) is 0 Å². The lowest BCUT2D eigenvalue weighted by atomic mass is 9.85. The first-order valence-electron chi connectivity index (χ1n) is 17.2. The van der Waals surface area contributed by atoms with Gasteiger partial charge in [-0.05, 0) is 133 Å². The van der Waals surface area contributed by atoms with Crippen molar-refractivity contribution in [3.8, 4) is 44.5 Å². The van der Waals surface area contributed by atoms with Crippen LogP contribution in [-0.2, 0) is 0 Å². The van der Waals surface area contributed by atoms with Gasteiger partial charge in [0.05, 0.1) is 0 Å². The van der Waals surface area contributed by atoms with Crippen molar-refractivity contribution in [2.24, 2.45) is 0 Å². The molecule has 11 rings (SSSR count). The van der Waals surface area contributed by atoms with Gasteiger partial charge >= 0.3 is 0 Å². The standard InChI is InChI=1S/C48H28S3/c1-3-12-34-32(10-1)44(33-11-2-4-13-35(33)45(34)30-22-24-49-27-30)29-20-21-40-43(26-29)51-42-19-9-18-41(48(40)42)47-38-16-7-5-14-36(38)46(31-23-25-50-28-31)37-15-6-8-17-39(37)47/h1-28H. The lowest BCUT2D eigenvalue weighted by Crippen LogP contribution is -1.90. The third kappa shape index (κ3) is 4.36. The van der Waals surface area contributed by atoms with Crippen LogP contribution in [0.3, 0.4) is 0 Å². The Balaban J connectivity index is 1.19. The highest BCUT2D eigenvalue weighted by atomic mass is 32.1. The lowest BCUT2D eigenvalue weighted by molar-refractivity contribution is 1.71. The van der Waals surface area contributed by atoms with Gasteiger partial charge in [-0.3, -0.25) is 0 Å². The first-order valence-corrected chi connectivity index (χ1v) is 19.9. The molecule has 0 spiro atoms. The van der Waals surface area contributed by atoms with Crippen LogP contribution in [0.2, 0.25) is 0 Å². The van der Waals surface area contributed by atoms with Gasteiger partial charge in [0.1, 0.15) is 0 Å². The Morgan fingerprint density at radius 3 is 1.22 bits per heavy atom. The van der Waals surface area contributed by atoms with E-state index >= 15 is 0 Å². The molecule has 3 heterocycles. The molecule has 238 valence electrons. The van der Waals surface area contributed by atoms with E-state index in [0.29, 0.717) is 0 Å². The summed E-state index contributed by atoms with van der Waals surface area (Å²) in [6.45, 7) is 0. The maximum absolute atomic E-state index is 2.44. The Labute approximate surface area is 307 Å². The number of benzene rings is 8. The Morgan fingerprint density at radius 1 is 0.314 bits per heavy atom. The minimum atomic E-state index is 1.26. The minimum absolute atomic E-state index is 1.26. The molecule has 0 aliphatic heterocycles. The van der Waals surface area contributed by atoms with Crippen molar-refractivity contribution in [3.63, 3.8) is 0 Å². The van der Waals surface area contributed by atoms with Gasteiger partial charge in [0, 0.05) is 20.2 Å². The summed E-state index contributed by atoms with van der Waals surface area (Å²) in [5.41, 5.74) is 10.4. The van der Waals surface area contributed by atoms with Gasteiger partial charge in [0.15, 0.2) is 0 Å². The first-order chi connectivity index (χ1) is 25.3. The summed E-state index contributed by atoms with van der Waals surface area (Å²) in [5.74, 6) is 0. The molecular formula is C48H28S3. The predicted molar refractivity (Wildman–Crippen MR) is 227 cm³/mol. The molecule has 0 unspecified atom stereocenters. The summed E-state index contributed by atoms with van der Waals surface area (Å²) in [6, 6.07) is 54.4. The highest BCUT2D eigenvalue weighted by molar-refractivity contribution is 7.26. The van der Waals surface area contributed by atoms with Crippen molar-refractivity contribution in [2.45, 2.75) is 0 Å². The van der Waals surface area contributed by atoms with Gasteiger partial charge in [-0.2, -0.15) is 22.7 Å². The molecule has 0 saturated carbocycles. The minimum Gasteiger partial charge on any atom is -0.152 e. The zero-order valence-electron chi connectivity index (χ0n) is 27.4. The normalized spacial score (nSPS) is 11.9. The number of fused-ring (bicyclic) bond motifs is 7. The van der Waals surface area contributed by atoms with Crippen LogP contribution in [0.5, 0.6) is 0 Å². The molecule has 0 amide bonds. The molecule has 0 radical (unpaired) electrons. The van der Waals surface area contributed by atoms with Gasteiger partial charge in [-0.1, -0.05) is 121 Å². The topological polar surface area (TPSA) is 0 Å². The molecule has 51 heavy (non-hydrogen) atoms. The van der Waals surface area contributed by atoms with Gasteiger partial charge in [0.2, 0.25) is 0 Å². The quantitative estimate of drug-likeness (QED) is 0.160. The fourth-order valence-electron chi connectivity index (χ4n) is 8.48. The second kappa shape index (κ2) is 11.5. The third-order valence-corrected chi connectivity index (χ3v) is 13.0. The molecule has 0 atom stereocenters.